The minimum atomic E-state index is -1.22. The maximum Gasteiger partial charge on any atom is 0.229 e. The van der Waals surface area contributed by atoms with Gasteiger partial charge in [0.25, 0.3) is 0 Å². The van der Waals surface area contributed by atoms with Crippen LogP contribution in [0.3, 0.4) is 0 Å². The molecule has 0 aliphatic carbocycles. The standard InChI is InChI=1S/C29H36N4O2Si/c1-31-14-16-32(17-15-31)23-12-13-26-27(20-23)33(21-35-18-19-36(2,3)4)29(30-26)28(34)25-11-7-9-22-8-5-6-10-24(22)25/h5-13,20H,14-19,21H2,1-4H3. The summed E-state index contributed by atoms with van der Waals surface area (Å²) in [4.78, 5) is 23.5. The SMILES string of the molecule is CN1CCN(c2ccc3nc(C(=O)c4cccc5ccccc45)n(COCC[Si](C)(C)C)c3c2)CC1. The molecule has 2 heterocycles. The van der Waals surface area contributed by atoms with Gasteiger partial charge in [-0.3, -0.25) is 9.36 Å². The summed E-state index contributed by atoms with van der Waals surface area (Å²) in [7, 11) is 0.949. The second-order valence-corrected chi connectivity index (χ2v) is 16.7. The third-order valence-corrected chi connectivity index (χ3v) is 8.76. The third kappa shape index (κ3) is 5.23. The van der Waals surface area contributed by atoms with E-state index in [2.05, 4.69) is 48.6 Å². The van der Waals surface area contributed by atoms with Crippen molar-refractivity contribution in [3.8, 4) is 0 Å². The van der Waals surface area contributed by atoms with Crippen LogP contribution in [0.25, 0.3) is 21.8 Å². The summed E-state index contributed by atoms with van der Waals surface area (Å²) in [5, 5.41) is 2.00. The van der Waals surface area contributed by atoms with E-state index in [0.717, 1.165) is 54.0 Å². The number of ether oxygens (including phenoxy) is 1. The topological polar surface area (TPSA) is 50.6 Å². The van der Waals surface area contributed by atoms with Crippen LogP contribution in [0, 0.1) is 0 Å². The number of carbonyl (C=O) groups excluding carboxylic acids is 1. The minimum absolute atomic E-state index is 0.0713. The average Bonchev–Trinajstić information content (AvgIpc) is 3.23. The quantitative estimate of drug-likeness (QED) is 0.182. The molecule has 4 aromatic rings. The molecule has 0 spiro atoms. The smallest absolute Gasteiger partial charge is 0.229 e. The van der Waals surface area contributed by atoms with Crippen LogP contribution in [-0.4, -0.2) is 68.1 Å². The molecule has 1 aliphatic rings. The van der Waals surface area contributed by atoms with Gasteiger partial charge in [0.15, 0.2) is 5.82 Å². The fourth-order valence-electron chi connectivity index (χ4n) is 4.75. The van der Waals surface area contributed by atoms with E-state index in [1.807, 2.05) is 53.1 Å². The number of nitrogens with zero attached hydrogens (tertiary/aromatic N) is 4. The molecule has 5 rings (SSSR count). The van der Waals surface area contributed by atoms with Gasteiger partial charge < -0.3 is 14.5 Å². The highest BCUT2D eigenvalue weighted by molar-refractivity contribution is 6.76. The Hall–Kier alpha value is -3.00. The van der Waals surface area contributed by atoms with E-state index in [-0.39, 0.29) is 5.78 Å². The zero-order valence-electron chi connectivity index (χ0n) is 21.8. The Bertz CT molecular complexity index is 1380. The van der Waals surface area contributed by atoms with Crippen molar-refractivity contribution in [3.05, 3.63) is 72.1 Å². The average molecular weight is 501 g/mol. The van der Waals surface area contributed by atoms with E-state index in [4.69, 9.17) is 9.72 Å². The highest BCUT2D eigenvalue weighted by Gasteiger charge is 2.23. The fraction of sp³-hybridized carbons (Fsp3) is 0.379. The molecule has 36 heavy (non-hydrogen) atoms. The van der Waals surface area contributed by atoms with Crippen LogP contribution in [0.15, 0.2) is 60.7 Å². The van der Waals surface area contributed by atoms with Crippen molar-refractivity contribution in [2.45, 2.75) is 32.4 Å². The molecule has 1 saturated heterocycles. The first kappa shape index (κ1) is 24.7. The molecule has 0 amide bonds. The van der Waals surface area contributed by atoms with Crippen molar-refractivity contribution in [1.82, 2.24) is 14.5 Å². The zero-order chi connectivity index (χ0) is 25.3. The van der Waals surface area contributed by atoms with E-state index in [9.17, 15) is 4.79 Å². The molecule has 1 fully saturated rings. The van der Waals surface area contributed by atoms with Crippen LogP contribution < -0.4 is 4.90 Å². The highest BCUT2D eigenvalue weighted by atomic mass is 28.3. The lowest BCUT2D eigenvalue weighted by Crippen LogP contribution is -2.44. The van der Waals surface area contributed by atoms with Gasteiger partial charge in [0, 0.05) is 52.1 Å². The monoisotopic (exact) mass is 500 g/mol. The van der Waals surface area contributed by atoms with Crippen molar-refractivity contribution >= 4 is 41.4 Å². The Balaban J connectivity index is 1.54. The van der Waals surface area contributed by atoms with Gasteiger partial charge in [-0.15, -0.1) is 0 Å². The summed E-state index contributed by atoms with van der Waals surface area (Å²) in [5.41, 5.74) is 3.61. The number of ketones is 1. The Morgan fingerprint density at radius 1 is 0.972 bits per heavy atom. The van der Waals surface area contributed by atoms with Crippen molar-refractivity contribution < 1.29 is 9.53 Å². The maximum absolute atomic E-state index is 13.9. The minimum Gasteiger partial charge on any atom is -0.369 e. The molecule has 188 valence electrons. The van der Waals surface area contributed by atoms with Crippen LogP contribution in [0.5, 0.6) is 0 Å². The van der Waals surface area contributed by atoms with Crippen LogP contribution in [0.2, 0.25) is 25.7 Å². The first-order valence-corrected chi connectivity index (χ1v) is 16.5. The van der Waals surface area contributed by atoms with Gasteiger partial charge in [0.05, 0.1) is 11.0 Å². The van der Waals surface area contributed by atoms with Crippen LogP contribution in [0.1, 0.15) is 16.2 Å². The molecular formula is C29H36N4O2Si. The number of aromatic nitrogens is 2. The maximum atomic E-state index is 13.9. The number of fused-ring (bicyclic) bond motifs is 2. The van der Waals surface area contributed by atoms with Gasteiger partial charge in [0.2, 0.25) is 5.78 Å². The number of carbonyl (C=O) groups is 1. The number of hydrogen-bond donors (Lipinski definition) is 0. The summed E-state index contributed by atoms with van der Waals surface area (Å²) >= 11 is 0. The molecule has 0 unspecified atom stereocenters. The molecular weight excluding hydrogens is 464 g/mol. The van der Waals surface area contributed by atoms with Crippen molar-refractivity contribution in [1.29, 1.82) is 0 Å². The van der Waals surface area contributed by atoms with E-state index in [1.54, 1.807) is 0 Å². The molecule has 6 nitrogen and oxygen atoms in total. The predicted molar refractivity (Wildman–Crippen MR) is 151 cm³/mol. The summed E-state index contributed by atoms with van der Waals surface area (Å²) in [6.45, 7) is 12.1. The fourth-order valence-corrected chi connectivity index (χ4v) is 5.51. The number of hydrogen-bond acceptors (Lipinski definition) is 5. The number of anilines is 1. The lowest BCUT2D eigenvalue weighted by molar-refractivity contribution is 0.0835. The molecule has 1 aromatic heterocycles. The molecule has 0 N–H and O–H groups in total. The molecule has 1 aliphatic heterocycles. The van der Waals surface area contributed by atoms with Gasteiger partial charge >= 0.3 is 0 Å². The van der Waals surface area contributed by atoms with E-state index >= 15 is 0 Å². The van der Waals surface area contributed by atoms with Crippen LogP contribution in [-0.2, 0) is 11.5 Å². The van der Waals surface area contributed by atoms with E-state index < -0.39 is 8.07 Å². The van der Waals surface area contributed by atoms with Crippen molar-refractivity contribution in [2.24, 2.45) is 0 Å². The molecule has 3 aromatic carbocycles. The largest absolute Gasteiger partial charge is 0.369 e. The normalized spacial score (nSPS) is 15.2. The zero-order valence-corrected chi connectivity index (χ0v) is 22.8. The summed E-state index contributed by atoms with van der Waals surface area (Å²) in [5.74, 6) is 0.364. The Morgan fingerprint density at radius 2 is 1.72 bits per heavy atom. The molecule has 7 heteroatoms. The molecule has 0 saturated carbocycles. The second kappa shape index (κ2) is 10.2. The first-order chi connectivity index (χ1) is 17.3. The van der Waals surface area contributed by atoms with Gasteiger partial charge in [-0.2, -0.15) is 0 Å². The van der Waals surface area contributed by atoms with Gasteiger partial charge in [-0.25, -0.2) is 4.98 Å². The Morgan fingerprint density at radius 3 is 2.50 bits per heavy atom. The summed E-state index contributed by atoms with van der Waals surface area (Å²) < 4.78 is 8.14. The van der Waals surface area contributed by atoms with Gasteiger partial charge in [0.1, 0.15) is 6.73 Å². The van der Waals surface area contributed by atoms with Gasteiger partial charge in [-0.1, -0.05) is 62.1 Å². The van der Waals surface area contributed by atoms with E-state index in [0.29, 0.717) is 24.7 Å². The number of piperazine rings is 1. The van der Waals surface area contributed by atoms with Crippen molar-refractivity contribution in [2.75, 3.05) is 44.7 Å². The second-order valence-electron chi connectivity index (χ2n) is 11.0. The Kier molecular flexibility index (Phi) is 6.97. The van der Waals surface area contributed by atoms with Crippen LogP contribution >= 0.6 is 0 Å². The van der Waals surface area contributed by atoms with E-state index in [1.165, 1.54) is 5.69 Å². The number of benzene rings is 3. The lowest BCUT2D eigenvalue weighted by Gasteiger charge is -2.34. The molecule has 0 bridgehead atoms. The summed E-state index contributed by atoms with van der Waals surface area (Å²) in [6, 6.07) is 21.3. The number of imidazole rings is 1. The molecule has 0 atom stereocenters. The summed E-state index contributed by atoms with van der Waals surface area (Å²) in [6.07, 6.45) is 0. The third-order valence-electron chi connectivity index (χ3n) is 7.05. The Labute approximate surface area is 214 Å². The highest BCUT2D eigenvalue weighted by Crippen LogP contribution is 2.27. The molecule has 0 radical (unpaired) electrons. The number of rotatable bonds is 8. The first-order valence-electron chi connectivity index (χ1n) is 12.8. The lowest BCUT2D eigenvalue weighted by atomic mass is 10.0. The van der Waals surface area contributed by atoms with Crippen molar-refractivity contribution in [3.63, 3.8) is 0 Å². The number of likely N-dealkylation sites (N-methyl/N-ethyl adjacent to an activating group) is 1. The predicted octanol–water partition coefficient (Wildman–Crippen LogP) is 5.48. The van der Waals surface area contributed by atoms with Gasteiger partial charge in [-0.05, 0) is 42.1 Å². The van der Waals surface area contributed by atoms with Crippen LogP contribution in [0.4, 0.5) is 5.69 Å².